The van der Waals surface area contributed by atoms with Gasteiger partial charge in [-0.3, -0.25) is 4.90 Å². The van der Waals surface area contributed by atoms with Crippen LogP contribution in [0.4, 0.5) is 0 Å². The topological polar surface area (TPSA) is 59.8 Å². The molecule has 1 aromatic heterocycles. The second kappa shape index (κ2) is 7.89. The van der Waals surface area contributed by atoms with Crippen molar-refractivity contribution in [1.29, 1.82) is 0 Å². The summed E-state index contributed by atoms with van der Waals surface area (Å²) < 4.78 is 12.6. The molecule has 1 unspecified atom stereocenters. The molecule has 1 N–H and O–H groups in total. The number of nitrogens with zero attached hydrogens (tertiary/aromatic N) is 3. The number of imidazole rings is 1. The Bertz CT molecular complexity index is 671. The average molecular weight is 345 g/mol. The second-order valence-corrected chi connectivity index (χ2v) is 6.68. The van der Waals surface area contributed by atoms with Crippen LogP contribution in [0.3, 0.4) is 0 Å². The Morgan fingerprint density at radius 2 is 1.80 bits per heavy atom. The van der Waals surface area contributed by atoms with Crippen LogP contribution in [-0.2, 0) is 13.6 Å². The molecule has 1 aliphatic rings. The normalized spacial score (nSPS) is 17.4. The predicted molar refractivity (Wildman–Crippen MR) is 95.7 cm³/mol. The third-order valence-electron chi connectivity index (χ3n) is 5.02. The molecule has 0 spiro atoms. The fraction of sp³-hybridized carbons (Fsp3) is 0.526. The number of hydrogen-bond acceptors (Lipinski definition) is 5. The van der Waals surface area contributed by atoms with Gasteiger partial charge in [0.2, 0.25) is 0 Å². The van der Waals surface area contributed by atoms with E-state index >= 15 is 0 Å². The minimum absolute atomic E-state index is 0.261. The van der Waals surface area contributed by atoms with Gasteiger partial charge in [0.1, 0.15) is 23.4 Å². The van der Waals surface area contributed by atoms with Crippen LogP contribution in [0.2, 0.25) is 0 Å². The van der Waals surface area contributed by atoms with Crippen molar-refractivity contribution in [2.45, 2.75) is 25.5 Å². The molecule has 0 amide bonds. The molecule has 3 rings (SSSR count). The minimum Gasteiger partial charge on any atom is -0.497 e. The Hall–Kier alpha value is -2.05. The van der Waals surface area contributed by atoms with Crippen molar-refractivity contribution in [2.75, 3.05) is 27.3 Å². The highest BCUT2D eigenvalue weighted by molar-refractivity contribution is 5.38. The maximum atomic E-state index is 10.6. The lowest BCUT2D eigenvalue weighted by Crippen LogP contribution is -2.35. The van der Waals surface area contributed by atoms with Crippen molar-refractivity contribution in [3.63, 3.8) is 0 Å². The summed E-state index contributed by atoms with van der Waals surface area (Å²) in [5, 5.41) is 10.6. The van der Waals surface area contributed by atoms with E-state index in [1.165, 1.54) is 5.56 Å². The lowest BCUT2D eigenvalue weighted by atomic mass is 9.90. The maximum Gasteiger partial charge on any atom is 0.137 e. The zero-order chi connectivity index (χ0) is 17.8. The molecule has 136 valence electrons. The molecule has 0 bridgehead atoms. The number of rotatable bonds is 6. The number of likely N-dealkylation sites (tertiary alicyclic amines) is 1. The SMILES string of the molecule is COc1cc(CN2CCC(C(O)c3nccn3C)CC2)cc(OC)c1. The highest BCUT2D eigenvalue weighted by Gasteiger charge is 2.28. The van der Waals surface area contributed by atoms with Gasteiger partial charge in [-0.1, -0.05) is 0 Å². The fourth-order valence-corrected chi connectivity index (χ4v) is 3.52. The number of aliphatic hydroxyl groups is 1. The quantitative estimate of drug-likeness (QED) is 0.871. The van der Waals surface area contributed by atoms with E-state index in [4.69, 9.17) is 9.47 Å². The van der Waals surface area contributed by atoms with Crippen LogP contribution < -0.4 is 9.47 Å². The van der Waals surface area contributed by atoms with Gasteiger partial charge < -0.3 is 19.1 Å². The lowest BCUT2D eigenvalue weighted by Gasteiger charge is -2.34. The molecule has 1 saturated heterocycles. The zero-order valence-electron chi connectivity index (χ0n) is 15.2. The summed E-state index contributed by atoms with van der Waals surface area (Å²) >= 11 is 0. The van der Waals surface area contributed by atoms with Gasteiger partial charge in [-0.15, -0.1) is 0 Å². The molecule has 6 heteroatoms. The highest BCUT2D eigenvalue weighted by Crippen LogP contribution is 2.31. The number of ether oxygens (including phenoxy) is 2. The molecule has 25 heavy (non-hydrogen) atoms. The van der Waals surface area contributed by atoms with Crippen molar-refractivity contribution >= 4 is 0 Å². The molecule has 6 nitrogen and oxygen atoms in total. The monoisotopic (exact) mass is 345 g/mol. The number of methoxy groups -OCH3 is 2. The van der Waals surface area contributed by atoms with Gasteiger partial charge in [-0.2, -0.15) is 0 Å². The van der Waals surface area contributed by atoms with E-state index in [2.05, 4.69) is 22.0 Å². The van der Waals surface area contributed by atoms with E-state index in [9.17, 15) is 5.11 Å². The predicted octanol–water partition coefficient (Wildman–Crippen LogP) is 2.38. The van der Waals surface area contributed by atoms with Gasteiger partial charge in [0.05, 0.1) is 14.2 Å². The van der Waals surface area contributed by atoms with E-state index in [1.54, 1.807) is 20.4 Å². The second-order valence-electron chi connectivity index (χ2n) is 6.68. The number of aryl methyl sites for hydroxylation is 1. The van der Waals surface area contributed by atoms with Gasteiger partial charge >= 0.3 is 0 Å². The smallest absolute Gasteiger partial charge is 0.137 e. The van der Waals surface area contributed by atoms with Crippen LogP contribution in [0.15, 0.2) is 30.6 Å². The number of aliphatic hydroxyl groups excluding tert-OH is 1. The summed E-state index contributed by atoms with van der Waals surface area (Å²) in [5.74, 6) is 2.65. The summed E-state index contributed by atoms with van der Waals surface area (Å²) in [6.45, 7) is 2.79. The highest BCUT2D eigenvalue weighted by atomic mass is 16.5. The van der Waals surface area contributed by atoms with Crippen LogP contribution in [0, 0.1) is 5.92 Å². The largest absolute Gasteiger partial charge is 0.497 e. The molecular weight excluding hydrogens is 318 g/mol. The van der Waals surface area contributed by atoms with Crippen LogP contribution in [0.25, 0.3) is 0 Å². The molecule has 1 atom stereocenters. The summed E-state index contributed by atoms with van der Waals surface area (Å²) in [6, 6.07) is 5.99. The van der Waals surface area contributed by atoms with Gasteiger partial charge in [-0.05, 0) is 49.5 Å². The molecule has 2 heterocycles. The Morgan fingerprint density at radius 1 is 1.16 bits per heavy atom. The third kappa shape index (κ3) is 4.14. The van der Waals surface area contributed by atoms with Crippen molar-refractivity contribution < 1.29 is 14.6 Å². The van der Waals surface area contributed by atoms with Crippen LogP contribution in [0.1, 0.15) is 30.3 Å². The maximum absolute atomic E-state index is 10.6. The van der Waals surface area contributed by atoms with Crippen LogP contribution in [-0.4, -0.2) is 46.9 Å². The van der Waals surface area contributed by atoms with Gasteiger partial charge in [0.25, 0.3) is 0 Å². The third-order valence-corrected chi connectivity index (χ3v) is 5.02. The van der Waals surface area contributed by atoms with Crippen LogP contribution >= 0.6 is 0 Å². The van der Waals surface area contributed by atoms with E-state index in [0.29, 0.717) is 0 Å². The van der Waals surface area contributed by atoms with Gasteiger partial charge in [0, 0.05) is 32.1 Å². The first-order chi connectivity index (χ1) is 12.1. The van der Waals surface area contributed by atoms with Crippen LogP contribution in [0.5, 0.6) is 11.5 Å². The van der Waals surface area contributed by atoms with Crippen molar-refractivity contribution in [2.24, 2.45) is 13.0 Å². The van der Waals surface area contributed by atoms with E-state index < -0.39 is 6.10 Å². The Kier molecular flexibility index (Phi) is 5.60. The Labute approximate surface area is 149 Å². The number of piperidine rings is 1. The molecule has 2 aromatic rings. The Morgan fingerprint density at radius 3 is 2.32 bits per heavy atom. The summed E-state index contributed by atoms with van der Waals surface area (Å²) in [4.78, 5) is 6.70. The first-order valence-corrected chi connectivity index (χ1v) is 8.70. The standard InChI is InChI=1S/C19H27N3O3/c1-21-9-6-20-19(21)18(23)15-4-7-22(8-5-15)13-14-10-16(24-2)12-17(11-14)25-3/h6,9-12,15,18,23H,4-5,7-8,13H2,1-3H3. The Balaban J connectivity index is 1.58. The zero-order valence-corrected chi connectivity index (χ0v) is 15.2. The molecule has 0 saturated carbocycles. The van der Waals surface area contributed by atoms with E-state index in [0.717, 1.165) is 49.8 Å². The molecule has 0 radical (unpaired) electrons. The first-order valence-electron chi connectivity index (χ1n) is 8.70. The minimum atomic E-state index is -0.487. The summed E-state index contributed by atoms with van der Waals surface area (Å²) in [5.41, 5.74) is 1.18. The number of benzene rings is 1. The van der Waals surface area contributed by atoms with E-state index in [1.807, 2.05) is 23.9 Å². The van der Waals surface area contributed by atoms with Crippen molar-refractivity contribution in [3.05, 3.63) is 42.0 Å². The lowest BCUT2D eigenvalue weighted by molar-refractivity contribution is 0.0492. The molecule has 1 aromatic carbocycles. The summed E-state index contributed by atoms with van der Waals surface area (Å²) in [7, 11) is 5.27. The first kappa shape index (κ1) is 17.8. The van der Waals surface area contributed by atoms with Crippen molar-refractivity contribution in [1.82, 2.24) is 14.5 Å². The van der Waals surface area contributed by atoms with Gasteiger partial charge in [0.15, 0.2) is 0 Å². The fourth-order valence-electron chi connectivity index (χ4n) is 3.52. The van der Waals surface area contributed by atoms with Gasteiger partial charge in [-0.25, -0.2) is 4.98 Å². The molecular formula is C19H27N3O3. The van der Waals surface area contributed by atoms with E-state index in [-0.39, 0.29) is 5.92 Å². The average Bonchev–Trinajstić information content (AvgIpc) is 3.07. The molecule has 1 aliphatic heterocycles. The van der Waals surface area contributed by atoms with Crippen molar-refractivity contribution in [3.8, 4) is 11.5 Å². The molecule has 1 fully saturated rings. The molecule has 0 aliphatic carbocycles. The summed E-state index contributed by atoms with van der Waals surface area (Å²) in [6.07, 6.45) is 5.07. The number of hydrogen-bond donors (Lipinski definition) is 1. The number of aromatic nitrogens is 2.